The molecular formula is C13H17N5OS. The van der Waals surface area contributed by atoms with Crippen molar-refractivity contribution in [3.8, 4) is 0 Å². The Balaban J connectivity index is 2.16. The van der Waals surface area contributed by atoms with Gasteiger partial charge in [-0.15, -0.1) is 11.8 Å². The second-order valence-electron chi connectivity index (χ2n) is 5.02. The summed E-state index contributed by atoms with van der Waals surface area (Å²) >= 11 is 1.62. The molecule has 0 unspecified atom stereocenters. The van der Waals surface area contributed by atoms with Crippen LogP contribution in [0, 0.1) is 13.8 Å². The summed E-state index contributed by atoms with van der Waals surface area (Å²) in [4.78, 5) is 11.9. The van der Waals surface area contributed by atoms with Gasteiger partial charge in [0.2, 0.25) is 5.91 Å². The molecule has 6 nitrogen and oxygen atoms in total. The van der Waals surface area contributed by atoms with Crippen LogP contribution in [0.2, 0.25) is 0 Å². The van der Waals surface area contributed by atoms with Gasteiger partial charge in [0.25, 0.3) is 0 Å². The second-order valence-corrected chi connectivity index (χ2v) is 6.11. The SMILES string of the molecule is Cc1nn(C)c(C)c1[C@@H]1SCC(=O)Nc2c1cnn2C. The number of fused-ring (bicyclic) bond motifs is 1. The number of amides is 1. The maximum Gasteiger partial charge on any atom is 0.235 e. The van der Waals surface area contributed by atoms with Gasteiger partial charge in [-0.25, -0.2) is 0 Å². The molecule has 1 aliphatic heterocycles. The highest BCUT2D eigenvalue weighted by atomic mass is 32.2. The highest BCUT2D eigenvalue weighted by Crippen LogP contribution is 2.43. The molecule has 1 aliphatic rings. The molecular weight excluding hydrogens is 274 g/mol. The van der Waals surface area contributed by atoms with Gasteiger partial charge in [0.15, 0.2) is 0 Å². The Hall–Kier alpha value is -1.76. The Bertz CT molecular complexity index is 687. The number of carbonyl (C=O) groups excluding carboxylic acids is 1. The largest absolute Gasteiger partial charge is 0.310 e. The number of rotatable bonds is 1. The van der Waals surface area contributed by atoms with E-state index in [1.165, 1.54) is 5.56 Å². The van der Waals surface area contributed by atoms with E-state index in [0.717, 1.165) is 22.8 Å². The molecule has 106 valence electrons. The van der Waals surface area contributed by atoms with Crippen molar-refractivity contribution in [1.29, 1.82) is 0 Å². The molecule has 0 spiro atoms. The standard InChI is InChI=1S/C13H17N5OS/c1-7-11(8(2)17(3)16-7)12-9-5-14-18(4)13(9)15-10(19)6-20-12/h5,12H,6H2,1-4H3,(H,15,19)/t12-/m1/s1. The van der Waals surface area contributed by atoms with E-state index in [-0.39, 0.29) is 11.2 Å². The van der Waals surface area contributed by atoms with Crippen molar-refractivity contribution in [2.45, 2.75) is 19.1 Å². The van der Waals surface area contributed by atoms with E-state index in [1.807, 2.05) is 31.9 Å². The summed E-state index contributed by atoms with van der Waals surface area (Å²) in [6, 6.07) is 0. The minimum absolute atomic E-state index is 0.0153. The van der Waals surface area contributed by atoms with Crippen LogP contribution in [-0.2, 0) is 18.9 Å². The van der Waals surface area contributed by atoms with Crippen LogP contribution in [0.15, 0.2) is 6.20 Å². The number of aromatic nitrogens is 4. The van der Waals surface area contributed by atoms with Crippen LogP contribution >= 0.6 is 11.8 Å². The fourth-order valence-corrected chi connectivity index (χ4v) is 3.87. The van der Waals surface area contributed by atoms with Crippen LogP contribution in [0.25, 0.3) is 0 Å². The molecule has 1 atom stereocenters. The predicted molar refractivity (Wildman–Crippen MR) is 78.8 cm³/mol. The first-order valence-corrected chi connectivity index (χ1v) is 7.47. The highest BCUT2D eigenvalue weighted by Gasteiger charge is 2.30. The van der Waals surface area contributed by atoms with Gasteiger partial charge in [0.05, 0.1) is 22.9 Å². The maximum absolute atomic E-state index is 11.9. The fourth-order valence-electron chi connectivity index (χ4n) is 2.62. The van der Waals surface area contributed by atoms with E-state index in [2.05, 4.69) is 22.4 Å². The monoisotopic (exact) mass is 291 g/mol. The van der Waals surface area contributed by atoms with E-state index in [0.29, 0.717) is 5.75 Å². The fraction of sp³-hybridized carbons (Fsp3) is 0.462. The van der Waals surface area contributed by atoms with Crippen molar-refractivity contribution in [2.75, 3.05) is 11.1 Å². The van der Waals surface area contributed by atoms with Crippen molar-refractivity contribution in [3.05, 3.63) is 28.7 Å². The zero-order valence-corrected chi connectivity index (χ0v) is 12.8. The number of anilines is 1. The number of thioether (sulfide) groups is 1. The molecule has 1 N–H and O–H groups in total. The normalized spacial score (nSPS) is 18.6. The van der Waals surface area contributed by atoms with Crippen molar-refractivity contribution in [2.24, 2.45) is 14.1 Å². The number of carbonyl (C=O) groups is 1. The van der Waals surface area contributed by atoms with Crippen LogP contribution in [0.1, 0.15) is 27.8 Å². The molecule has 0 bridgehead atoms. The van der Waals surface area contributed by atoms with E-state index in [9.17, 15) is 4.79 Å². The number of aryl methyl sites for hydroxylation is 3. The molecule has 0 saturated carbocycles. The average Bonchev–Trinajstić information content (AvgIpc) is 2.79. The third-order valence-electron chi connectivity index (χ3n) is 3.72. The first-order valence-electron chi connectivity index (χ1n) is 6.42. The lowest BCUT2D eigenvalue weighted by Crippen LogP contribution is -2.15. The topological polar surface area (TPSA) is 64.7 Å². The zero-order chi connectivity index (χ0) is 14.4. The summed E-state index contributed by atoms with van der Waals surface area (Å²) in [5, 5.41) is 11.8. The summed E-state index contributed by atoms with van der Waals surface area (Å²) in [6.07, 6.45) is 1.84. The number of nitrogens with one attached hydrogen (secondary N) is 1. The van der Waals surface area contributed by atoms with Crippen LogP contribution in [0.3, 0.4) is 0 Å². The minimum Gasteiger partial charge on any atom is -0.310 e. The number of hydrogen-bond acceptors (Lipinski definition) is 4. The molecule has 0 radical (unpaired) electrons. The van der Waals surface area contributed by atoms with E-state index < -0.39 is 0 Å². The summed E-state index contributed by atoms with van der Waals surface area (Å²) < 4.78 is 3.61. The van der Waals surface area contributed by atoms with Crippen molar-refractivity contribution < 1.29 is 4.79 Å². The Kier molecular flexibility index (Phi) is 3.08. The first-order chi connectivity index (χ1) is 9.49. The predicted octanol–water partition coefficient (Wildman–Crippen LogP) is 1.55. The molecule has 0 aliphatic carbocycles. The van der Waals surface area contributed by atoms with Gasteiger partial charge >= 0.3 is 0 Å². The molecule has 2 aromatic rings. The van der Waals surface area contributed by atoms with Gasteiger partial charge in [-0.1, -0.05) is 0 Å². The zero-order valence-electron chi connectivity index (χ0n) is 12.0. The Labute approximate surface area is 121 Å². The van der Waals surface area contributed by atoms with Gasteiger partial charge in [-0.2, -0.15) is 10.2 Å². The van der Waals surface area contributed by atoms with Crippen LogP contribution in [0.4, 0.5) is 5.82 Å². The first kappa shape index (κ1) is 13.2. The molecule has 3 rings (SSSR count). The Morgan fingerprint density at radius 1 is 1.35 bits per heavy atom. The van der Waals surface area contributed by atoms with Gasteiger partial charge < -0.3 is 5.32 Å². The van der Waals surface area contributed by atoms with Crippen LogP contribution < -0.4 is 5.32 Å². The summed E-state index contributed by atoms with van der Waals surface area (Å²) in [5.41, 5.74) is 4.36. The van der Waals surface area contributed by atoms with E-state index in [4.69, 9.17) is 0 Å². The third kappa shape index (κ3) is 1.93. The highest BCUT2D eigenvalue weighted by molar-refractivity contribution is 8.00. The molecule has 0 saturated heterocycles. The van der Waals surface area contributed by atoms with Crippen LogP contribution in [0.5, 0.6) is 0 Å². The lowest BCUT2D eigenvalue weighted by molar-refractivity contribution is -0.113. The smallest absolute Gasteiger partial charge is 0.235 e. The minimum atomic E-state index is 0.0153. The van der Waals surface area contributed by atoms with Gasteiger partial charge in [0, 0.05) is 30.9 Å². The molecule has 20 heavy (non-hydrogen) atoms. The van der Waals surface area contributed by atoms with Gasteiger partial charge in [0.1, 0.15) is 5.82 Å². The van der Waals surface area contributed by atoms with E-state index in [1.54, 1.807) is 16.4 Å². The van der Waals surface area contributed by atoms with Gasteiger partial charge in [-0.3, -0.25) is 14.2 Å². The third-order valence-corrected chi connectivity index (χ3v) is 4.97. The lowest BCUT2D eigenvalue weighted by atomic mass is 10.0. The molecule has 7 heteroatoms. The summed E-state index contributed by atoms with van der Waals surface area (Å²) in [7, 11) is 3.79. The average molecular weight is 291 g/mol. The van der Waals surface area contributed by atoms with Crippen molar-refractivity contribution >= 4 is 23.5 Å². The number of nitrogens with zero attached hydrogens (tertiary/aromatic N) is 4. The lowest BCUT2D eigenvalue weighted by Gasteiger charge is -2.14. The Morgan fingerprint density at radius 2 is 2.10 bits per heavy atom. The molecule has 1 amide bonds. The second kappa shape index (κ2) is 4.66. The van der Waals surface area contributed by atoms with Gasteiger partial charge in [-0.05, 0) is 13.8 Å². The van der Waals surface area contributed by atoms with Crippen molar-refractivity contribution in [3.63, 3.8) is 0 Å². The van der Waals surface area contributed by atoms with Crippen LogP contribution in [-0.4, -0.2) is 31.2 Å². The molecule has 0 aromatic carbocycles. The molecule has 3 heterocycles. The van der Waals surface area contributed by atoms with E-state index >= 15 is 0 Å². The number of hydrogen-bond donors (Lipinski definition) is 1. The molecule has 2 aromatic heterocycles. The maximum atomic E-state index is 11.9. The summed E-state index contributed by atoms with van der Waals surface area (Å²) in [6.45, 7) is 4.07. The quantitative estimate of drug-likeness (QED) is 0.865. The summed E-state index contributed by atoms with van der Waals surface area (Å²) in [5.74, 6) is 1.24. The molecule has 0 fully saturated rings. The van der Waals surface area contributed by atoms with Crippen molar-refractivity contribution in [1.82, 2.24) is 19.6 Å². The Morgan fingerprint density at radius 3 is 2.75 bits per heavy atom.